The van der Waals surface area contributed by atoms with Crippen LogP contribution in [-0.4, -0.2) is 28.3 Å². The van der Waals surface area contributed by atoms with Crippen molar-refractivity contribution in [2.24, 2.45) is 0 Å². The molecule has 0 bridgehead atoms. The smallest absolute Gasteiger partial charge is 2.00 e. The maximum Gasteiger partial charge on any atom is 3.00 e. The third-order valence-electron chi connectivity index (χ3n) is 0. The summed E-state index contributed by atoms with van der Waals surface area (Å²) in [5.74, 6) is 0. The standard InChI is InChI=1S/Al.2H2O.O.H3P/h;2*1H2;;1H3/q+3;;;-2;/p-1. The van der Waals surface area contributed by atoms with Gasteiger partial charge in [-0.25, -0.2) is 0 Å². The Morgan fingerprint density at radius 2 is 1.00 bits per heavy atom. The normalized spacial score (nSPS) is 0. The van der Waals surface area contributed by atoms with Crippen molar-refractivity contribution < 1.29 is 16.4 Å². The molecule has 0 rings (SSSR count). The van der Waals surface area contributed by atoms with Crippen molar-refractivity contribution in [3.05, 3.63) is 0 Å². The van der Waals surface area contributed by atoms with Gasteiger partial charge in [0.15, 0.2) is 0 Å². The van der Waals surface area contributed by atoms with Crippen molar-refractivity contribution >= 4 is 27.3 Å². The molecule has 0 aliphatic heterocycles. The molecule has 0 heterocycles. The molecule has 0 saturated carbocycles. The molecule has 0 fully saturated rings. The van der Waals surface area contributed by atoms with Gasteiger partial charge in [0.1, 0.15) is 0 Å². The van der Waals surface area contributed by atoms with E-state index >= 15 is 0 Å². The minimum absolute atomic E-state index is 0. The van der Waals surface area contributed by atoms with Crippen molar-refractivity contribution in [2.75, 3.05) is 0 Å². The zero-order chi connectivity index (χ0) is 0. The van der Waals surface area contributed by atoms with E-state index < -0.39 is 0 Å². The molecule has 0 spiro atoms. The number of hydrogen-bond donors (Lipinski definition) is 0. The molecule has 0 aliphatic rings. The first kappa shape index (κ1) is 193. The minimum atomic E-state index is 0. The van der Waals surface area contributed by atoms with Gasteiger partial charge in [0.2, 0.25) is 0 Å². The summed E-state index contributed by atoms with van der Waals surface area (Å²) < 4.78 is 0. The van der Waals surface area contributed by atoms with Crippen molar-refractivity contribution in [2.45, 2.75) is 0 Å². The predicted molar refractivity (Wildman–Crippen MR) is 23.1 cm³/mol. The molecule has 1 unspecified atom stereocenters. The van der Waals surface area contributed by atoms with E-state index in [-0.39, 0.29) is 43.7 Å². The van der Waals surface area contributed by atoms with Crippen LogP contribution in [0.15, 0.2) is 0 Å². The molecule has 1 atom stereocenters. The Balaban J connectivity index is 0. The van der Waals surface area contributed by atoms with Gasteiger partial charge in [-0.05, 0) is 0 Å². The first-order valence-electron chi connectivity index (χ1n) is 0. The van der Waals surface area contributed by atoms with Gasteiger partial charge < -0.3 is 16.4 Å². The molecule has 0 saturated heterocycles. The Hall–Kier alpha value is 0.842. The van der Waals surface area contributed by atoms with Crippen LogP contribution in [0.2, 0.25) is 0 Å². The van der Waals surface area contributed by atoms with Gasteiger partial charge in [-0.2, -0.15) is 9.90 Å². The van der Waals surface area contributed by atoms with Gasteiger partial charge in [0.25, 0.3) is 0 Å². The van der Waals surface area contributed by atoms with E-state index in [0.29, 0.717) is 0 Å². The summed E-state index contributed by atoms with van der Waals surface area (Å²) in [4.78, 5) is 0. The fourth-order valence-corrected chi connectivity index (χ4v) is 0. The van der Waals surface area contributed by atoms with E-state index in [4.69, 9.17) is 0 Å². The Morgan fingerprint density at radius 3 is 1.00 bits per heavy atom. The fourth-order valence-electron chi connectivity index (χ4n) is 0. The second-order valence-corrected chi connectivity index (χ2v) is 0. The molecule has 0 radical (unpaired) electrons. The van der Waals surface area contributed by atoms with Gasteiger partial charge in [0, 0.05) is 0 Å². The Labute approximate surface area is 44.4 Å². The monoisotopic (exact) mass is 112 g/mol. The SMILES string of the molecule is O.P.[Al+3].[O-2].[OH-]. The maximum absolute atomic E-state index is 0. The van der Waals surface area contributed by atoms with Gasteiger partial charge >= 0.3 is 17.4 Å². The number of rotatable bonds is 0. The molecule has 5 heteroatoms. The van der Waals surface area contributed by atoms with Gasteiger partial charge in [-0.15, -0.1) is 0 Å². The summed E-state index contributed by atoms with van der Waals surface area (Å²) in [5.41, 5.74) is 0. The zero-order valence-electron chi connectivity index (χ0n) is 2.64. The van der Waals surface area contributed by atoms with Crippen LogP contribution in [0.1, 0.15) is 0 Å². The minimum Gasteiger partial charge on any atom is -2.00 e. The first-order valence-corrected chi connectivity index (χ1v) is 0. The molecule has 0 aromatic heterocycles. The van der Waals surface area contributed by atoms with E-state index in [1.165, 1.54) is 0 Å². The summed E-state index contributed by atoms with van der Waals surface area (Å²) in [6.45, 7) is 0. The van der Waals surface area contributed by atoms with Gasteiger partial charge in [0.05, 0.1) is 0 Å². The molecule has 3 nitrogen and oxygen atoms in total. The summed E-state index contributed by atoms with van der Waals surface area (Å²) >= 11 is 0. The largest absolute Gasteiger partial charge is 3.00 e. The van der Waals surface area contributed by atoms with Crippen molar-refractivity contribution in [3.8, 4) is 0 Å². The molecule has 5 heavy (non-hydrogen) atoms. The molecule has 0 aliphatic carbocycles. The average Bonchev–Trinajstić information content (AvgIpc) is 0. The van der Waals surface area contributed by atoms with E-state index in [0.717, 1.165) is 0 Å². The Bertz CT molecular complexity index is 6.85. The molecule has 0 amide bonds. The van der Waals surface area contributed by atoms with E-state index in [1.54, 1.807) is 0 Å². The quantitative estimate of drug-likeness (QED) is 0.278. The van der Waals surface area contributed by atoms with Crippen LogP contribution in [0.25, 0.3) is 0 Å². The Kier molecular flexibility index (Phi) is 3890. The zero-order valence-corrected chi connectivity index (χ0v) is 5.21. The van der Waals surface area contributed by atoms with Crippen molar-refractivity contribution in [3.63, 3.8) is 0 Å². The van der Waals surface area contributed by atoms with Crippen LogP contribution in [0.4, 0.5) is 0 Å². The Morgan fingerprint density at radius 1 is 1.00 bits per heavy atom. The molecule has 0 aromatic rings. The third kappa shape index (κ3) is 55.1. The first-order chi connectivity index (χ1) is 0. The number of hydrogen-bond acceptors (Lipinski definition) is 1. The predicted octanol–water partition coefficient (Wildman–Crippen LogP) is -1.44. The fraction of sp³-hybridized carbons (Fsp3) is 0. The van der Waals surface area contributed by atoms with Crippen LogP contribution < -0.4 is 0 Å². The maximum atomic E-state index is 0. The molecular formula is H6AlO3P. The topological polar surface area (TPSA) is 90.0 Å². The van der Waals surface area contributed by atoms with Crippen LogP contribution in [0.3, 0.4) is 0 Å². The van der Waals surface area contributed by atoms with Crippen LogP contribution in [0, 0.1) is 0 Å². The van der Waals surface area contributed by atoms with Crippen LogP contribution >= 0.6 is 9.90 Å². The summed E-state index contributed by atoms with van der Waals surface area (Å²) in [6, 6.07) is 0. The average molecular weight is 112 g/mol. The summed E-state index contributed by atoms with van der Waals surface area (Å²) in [5, 5.41) is 0. The summed E-state index contributed by atoms with van der Waals surface area (Å²) in [6.07, 6.45) is 0. The molecule has 3 N–H and O–H groups in total. The molecule has 32 valence electrons. The summed E-state index contributed by atoms with van der Waals surface area (Å²) in [7, 11) is 0. The van der Waals surface area contributed by atoms with Crippen LogP contribution in [-0.2, 0) is 5.48 Å². The molecular weight excluding hydrogens is 106 g/mol. The van der Waals surface area contributed by atoms with Crippen LogP contribution in [0.5, 0.6) is 0 Å². The second kappa shape index (κ2) is 101. The van der Waals surface area contributed by atoms with E-state index in [9.17, 15) is 0 Å². The van der Waals surface area contributed by atoms with E-state index in [2.05, 4.69) is 0 Å². The third-order valence-corrected chi connectivity index (χ3v) is 0. The van der Waals surface area contributed by atoms with E-state index in [1.807, 2.05) is 0 Å². The molecule has 0 aromatic carbocycles. The van der Waals surface area contributed by atoms with Gasteiger partial charge in [-0.3, -0.25) is 0 Å². The van der Waals surface area contributed by atoms with Crippen molar-refractivity contribution in [1.29, 1.82) is 0 Å². The van der Waals surface area contributed by atoms with Crippen molar-refractivity contribution in [1.82, 2.24) is 0 Å². The van der Waals surface area contributed by atoms with Gasteiger partial charge in [-0.1, -0.05) is 0 Å². The second-order valence-electron chi connectivity index (χ2n) is 0.